The number of phenols is 1. The van der Waals surface area contributed by atoms with E-state index in [0.717, 1.165) is 16.7 Å². The first-order chi connectivity index (χ1) is 14.3. The third kappa shape index (κ3) is 3.35. The minimum Gasteiger partial charge on any atom is -0.507 e. The van der Waals surface area contributed by atoms with Crippen molar-refractivity contribution in [2.45, 2.75) is 26.3 Å². The Bertz CT molecular complexity index is 1140. The van der Waals surface area contributed by atoms with E-state index in [4.69, 9.17) is 23.2 Å². The van der Waals surface area contributed by atoms with Gasteiger partial charge in [-0.15, -0.1) is 0 Å². The highest BCUT2D eigenvalue weighted by molar-refractivity contribution is 6.42. The normalized spacial score (nSPS) is 15.7. The second kappa shape index (κ2) is 7.95. The fourth-order valence-electron chi connectivity index (χ4n) is 4.04. The van der Waals surface area contributed by atoms with Crippen molar-refractivity contribution in [1.82, 2.24) is 15.1 Å². The minimum absolute atomic E-state index is 0.0330. The Morgan fingerprint density at radius 3 is 2.63 bits per heavy atom. The lowest BCUT2D eigenvalue weighted by molar-refractivity contribution is 0.0732. The summed E-state index contributed by atoms with van der Waals surface area (Å²) in [5, 5.41) is 28.1. The lowest BCUT2D eigenvalue weighted by atomic mass is 9.94. The van der Waals surface area contributed by atoms with Crippen LogP contribution in [0.25, 0.3) is 11.3 Å². The molecule has 2 aromatic carbocycles. The van der Waals surface area contributed by atoms with Crippen molar-refractivity contribution >= 4 is 29.1 Å². The molecular formula is C22H21Cl2N3O3. The molecule has 0 saturated carbocycles. The van der Waals surface area contributed by atoms with Gasteiger partial charge in [0.1, 0.15) is 17.1 Å². The SMILES string of the molecule is Cc1cc(C)c(O)c(-c2n[nH]c3c2C(c2ccc(Cl)c(Cl)c2)N(CCCO)C3=O)c1. The van der Waals surface area contributed by atoms with E-state index in [1.807, 2.05) is 32.0 Å². The highest BCUT2D eigenvalue weighted by Crippen LogP contribution is 2.46. The molecule has 30 heavy (non-hydrogen) atoms. The van der Waals surface area contributed by atoms with Gasteiger partial charge in [-0.3, -0.25) is 9.89 Å². The third-order valence-corrected chi connectivity index (χ3v) is 6.12. The number of carbonyl (C=O) groups excluding carboxylic acids is 1. The van der Waals surface area contributed by atoms with Gasteiger partial charge in [-0.25, -0.2) is 0 Å². The number of aryl methyl sites for hydroxylation is 2. The van der Waals surface area contributed by atoms with Gasteiger partial charge in [0.25, 0.3) is 5.91 Å². The van der Waals surface area contributed by atoms with Crippen LogP contribution in [0, 0.1) is 13.8 Å². The van der Waals surface area contributed by atoms with Gasteiger partial charge < -0.3 is 15.1 Å². The maximum absolute atomic E-state index is 13.2. The first-order valence-electron chi connectivity index (χ1n) is 9.59. The van der Waals surface area contributed by atoms with E-state index >= 15 is 0 Å². The molecule has 0 bridgehead atoms. The number of halogens is 2. The van der Waals surface area contributed by atoms with E-state index in [2.05, 4.69) is 10.2 Å². The maximum atomic E-state index is 13.2. The van der Waals surface area contributed by atoms with E-state index in [9.17, 15) is 15.0 Å². The topological polar surface area (TPSA) is 89.5 Å². The van der Waals surface area contributed by atoms with Crippen molar-refractivity contribution in [2.24, 2.45) is 0 Å². The van der Waals surface area contributed by atoms with Crippen molar-refractivity contribution in [2.75, 3.05) is 13.2 Å². The summed E-state index contributed by atoms with van der Waals surface area (Å²) in [6.07, 6.45) is 0.436. The van der Waals surface area contributed by atoms with Crippen LogP contribution in [0.5, 0.6) is 5.75 Å². The predicted octanol–water partition coefficient (Wildman–Crippen LogP) is 4.63. The van der Waals surface area contributed by atoms with E-state index in [1.165, 1.54) is 0 Å². The number of aliphatic hydroxyl groups excluding tert-OH is 1. The zero-order valence-corrected chi connectivity index (χ0v) is 18.1. The summed E-state index contributed by atoms with van der Waals surface area (Å²) in [6, 6.07) is 8.53. The smallest absolute Gasteiger partial charge is 0.273 e. The van der Waals surface area contributed by atoms with Crippen LogP contribution < -0.4 is 0 Å². The number of aromatic amines is 1. The Kier molecular flexibility index (Phi) is 5.49. The molecule has 1 amide bonds. The van der Waals surface area contributed by atoms with Crippen LogP contribution in [0.15, 0.2) is 30.3 Å². The van der Waals surface area contributed by atoms with Crippen molar-refractivity contribution in [3.63, 3.8) is 0 Å². The largest absolute Gasteiger partial charge is 0.507 e. The van der Waals surface area contributed by atoms with Gasteiger partial charge in [0.2, 0.25) is 0 Å². The minimum atomic E-state index is -0.470. The second-order valence-electron chi connectivity index (χ2n) is 7.49. The first kappa shape index (κ1) is 20.7. The Balaban J connectivity index is 1.93. The van der Waals surface area contributed by atoms with Gasteiger partial charge in [0, 0.05) is 24.3 Å². The molecule has 0 fully saturated rings. The number of aromatic nitrogens is 2. The molecule has 1 aliphatic rings. The number of aromatic hydroxyl groups is 1. The highest BCUT2D eigenvalue weighted by atomic mass is 35.5. The fraction of sp³-hybridized carbons (Fsp3) is 0.273. The quantitative estimate of drug-likeness (QED) is 0.533. The number of fused-ring (bicyclic) bond motifs is 1. The molecule has 3 N–H and O–H groups in total. The maximum Gasteiger partial charge on any atom is 0.273 e. The van der Waals surface area contributed by atoms with Crippen molar-refractivity contribution in [3.05, 3.63) is 68.3 Å². The van der Waals surface area contributed by atoms with Gasteiger partial charge in [-0.1, -0.05) is 35.3 Å². The molecule has 6 nitrogen and oxygen atoms in total. The molecule has 2 heterocycles. The number of nitrogens with zero attached hydrogens (tertiary/aromatic N) is 2. The summed E-state index contributed by atoms with van der Waals surface area (Å²) in [4.78, 5) is 14.8. The average Bonchev–Trinajstić information content (AvgIpc) is 3.24. The number of hydrogen-bond acceptors (Lipinski definition) is 4. The standard InChI is InChI=1S/C22H21Cl2N3O3/c1-11-8-12(2)21(29)14(9-11)18-17-19(26-25-18)22(30)27(6-3-7-28)20(17)13-4-5-15(23)16(24)10-13/h4-5,8-10,20,28-29H,3,6-7H2,1-2H3,(H,25,26). The van der Waals surface area contributed by atoms with Gasteiger partial charge in [-0.2, -0.15) is 5.10 Å². The van der Waals surface area contributed by atoms with Gasteiger partial charge in [-0.05, 0) is 55.2 Å². The molecule has 156 valence electrons. The number of carbonyl (C=O) groups is 1. The highest BCUT2D eigenvalue weighted by Gasteiger charge is 2.42. The average molecular weight is 446 g/mol. The van der Waals surface area contributed by atoms with Crippen molar-refractivity contribution in [1.29, 1.82) is 0 Å². The number of hydrogen-bond donors (Lipinski definition) is 3. The fourth-order valence-corrected chi connectivity index (χ4v) is 4.35. The molecule has 1 aromatic heterocycles. The van der Waals surface area contributed by atoms with Crippen LogP contribution in [0.4, 0.5) is 0 Å². The molecule has 0 aliphatic carbocycles. The van der Waals surface area contributed by atoms with E-state index < -0.39 is 6.04 Å². The van der Waals surface area contributed by atoms with Crippen LogP contribution in [0.3, 0.4) is 0 Å². The number of benzene rings is 2. The van der Waals surface area contributed by atoms with Crippen LogP contribution in [0.1, 0.15) is 45.2 Å². The van der Waals surface area contributed by atoms with Crippen LogP contribution in [0.2, 0.25) is 10.0 Å². The second-order valence-corrected chi connectivity index (χ2v) is 8.31. The van der Waals surface area contributed by atoms with Crippen LogP contribution in [-0.2, 0) is 0 Å². The number of rotatable bonds is 5. The number of H-pyrrole nitrogens is 1. The monoisotopic (exact) mass is 445 g/mol. The molecule has 0 saturated heterocycles. The van der Waals surface area contributed by atoms with Crippen LogP contribution in [-0.4, -0.2) is 44.4 Å². The van der Waals surface area contributed by atoms with E-state index in [1.54, 1.807) is 17.0 Å². The predicted molar refractivity (Wildman–Crippen MR) is 116 cm³/mol. The first-order valence-corrected chi connectivity index (χ1v) is 10.3. The van der Waals surface area contributed by atoms with Gasteiger partial charge >= 0.3 is 0 Å². The molecule has 1 atom stereocenters. The summed E-state index contributed by atoms with van der Waals surface area (Å²) in [5.74, 6) is -0.0822. The summed E-state index contributed by atoms with van der Waals surface area (Å²) in [6.45, 7) is 4.10. The summed E-state index contributed by atoms with van der Waals surface area (Å²) >= 11 is 12.4. The van der Waals surface area contributed by atoms with Crippen LogP contribution >= 0.6 is 23.2 Å². The molecule has 1 aliphatic heterocycles. The molecular weight excluding hydrogens is 425 g/mol. The molecule has 0 radical (unpaired) electrons. The summed E-state index contributed by atoms with van der Waals surface area (Å²) in [7, 11) is 0. The van der Waals surface area contributed by atoms with E-state index in [0.29, 0.717) is 45.5 Å². The molecule has 0 spiro atoms. The Morgan fingerprint density at radius 1 is 1.17 bits per heavy atom. The Morgan fingerprint density at radius 2 is 1.93 bits per heavy atom. The lowest BCUT2D eigenvalue weighted by Gasteiger charge is -2.26. The van der Waals surface area contributed by atoms with E-state index in [-0.39, 0.29) is 18.3 Å². The Hall–Kier alpha value is -2.54. The number of aliphatic hydroxyl groups is 1. The summed E-state index contributed by atoms with van der Waals surface area (Å²) < 4.78 is 0. The van der Waals surface area contributed by atoms with Crippen molar-refractivity contribution < 1.29 is 15.0 Å². The van der Waals surface area contributed by atoms with Crippen molar-refractivity contribution in [3.8, 4) is 17.0 Å². The summed E-state index contributed by atoms with van der Waals surface area (Å²) in [5.41, 5.74) is 4.62. The number of phenolic OH excluding ortho intramolecular Hbond substituents is 1. The number of nitrogens with one attached hydrogen (secondary N) is 1. The third-order valence-electron chi connectivity index (χ3n) is 5.38. The van der Waals surface area contributed by atoms with Gasteiger partial charge in [0.15, 0.2) is 0 Å². The number of amides is 1. The molecule has 3 aromatic rings. The van der Waals surface area contributed by atoms with Gasteiger partial charge in [0.05, 0.1) is 16.1 Å². The zero-order chi connectivity index (χ0) is 21.6. The zero-order valence-electron chi connectivity index (χ0n) is 16.5. The Labute approximate surface area is 184 Å². The molecule has 8 heteroatoms. The molecule has 4 rings (SSSR count). The molecule has 1 unspecified atom stereocenters. The lowest BCUT2D eigenvalue weighted by Crippen LogP contribution is -2.31.